The minimum atomic E-state index is -1.06. The number of likely N-dealkylation sites (N-methyl/N-ethyl adjacent to an activating group) is 1. The molecule has 5 nitrogen and oxygen atoms in total. The van der Waals surface area contributed by atoms with E-state index in [4.69, 9.17) is 4.74 Å². The third-order valence-corrected chi connectivity index (χ3v) is 3.52. The van der Waals surface area contributed by atoms with Crippen molar-refractivity contribution in [2.24, 2.45) is 0 Å². The van der Waals surface area contributed by atoms with Crippen LogP contribution in [0.4, 0.5) is 4.79 Å². The van der Waals surface area contributed by atoms with Crippen LogP contribution in [0.5, 0.6) is 0 Å². The third kappa shape index (κ3) is 5.77. The number of hydrogen-bond acceptors (Lipinski definition) is 3. The van der Waals surface area contributed by atoms with E-state index in [0.29, 0.717) is 0 Å². The molecule has 24 heavy (non-hydrogen) atoms. The number of rotatable bonds is 6. The number of benzene rings is 2. The maximum absolute atomic E-state index is 12.1. The van der Waals surface area contributed by atoms with E-state index in [1.54, 1.807) is 0 Å². The number of aliphatic carboxylic acids is 1. The molecule has 0 aliphatic rings. The van der Waals surface area contributed by atoms with Gasteiger partial charge in [-0.05, 0) is 11.1 Å². The number of hydrogen-bond donors (Lipinski definition) is 1. The first-order valence-electron chi connectivity index (χ1n) is 7.28. The van der Waals surface area contributed by atoms with Gasteiger partial charge in [0.05, 0.1) is 0 Å². The van der Waals surface area contributed by atoms with E-state index < -0.39 is 18.1 Å². The Kier molecular flexibility index (Phi) is 8.11. The molecule has 0 spiro atoms. The Morgan fingerprint density at radius 3 is 2.00 bits per heavy atom. The number of carboxylic acids is 1. The summed E-state index contributed by atoms with van der Waals surface area (Å²) >= 11 is 0. The van der Waals surface area contributed by atoms with Crippen LogP contribution in [0.25, 0.3) is 0 Å². The maximum atomic E-state index is 12.1. The average molecular weight is 321 g/mol. The molecule has 2 aromatic rings. The van der Waals surface area contributed by atoms with Crippen LogP contribution < -0.4 is 0 Å². The standard InChI is InChI=1S/C18H19NO4.Li.H/c1-19(18(22)23-13-15-10-6-3-7-11-15)16(17(20)21)12-14-8-4-2-5-9-14;;/h2-11,16H,12-13H2,1H3,(H,20,21);;/t16-;;/m0../s1. The molecule has 0 radical (unpaired) electrons. The van der Waals surface area contributed by atoms with E-state index >= 15 is 0 Å². The summed E-state index contributed by atoms with van der Waals surface area (Å²) in [4.78, 5) is 24.7. The summed E-state index contributed by atoms with van der Waals surface area (Å²) in [5, 5.41) is 9.39. The fourth-order valence-corrected chi connectivity index (χ4v) is 2.18. The molecular formula is C18H20LiNO4. The Hall–Kier alpha value is -2.22. The van der Waals surface area contributed by atoms with Crippen LogP contribution >= 0.6 is 0 Å². The van der Waals surface area contributed by atoms with Crippen molar-refractivity contribution in [2.45, 2.75) is 19.1 Å². The van der Waals surface area contributed by atoms with Crippen LogP contribution in [-0.4, -0.2) is 54.0 Å². The first kappa shape index (κ1) is 19.8. The number of ether oxygens (including phenoxy) is 1. The van der Waals surface area contributed by atoms with Crippen molar-refractivity contribution in [3.05, 3.63) is 71.8 Å². The molecular weight excluding hydrogens is 301 g/mol. The van der Waals surface area contributed by atoms with Gasteiger partial charge in [0.2, 0.25) is 0 Å². The first-order valence-corrected chi connectivity index (χ1v) is 7.28. The second-order valence-electron chi connectivity index (χ2n) is 5.19. The number of carbonyl (C=O) groups is 2. The molecule has 0 aromatic heterocycles. The van der Waals surface area contributed by atoms with E-state index in [1.165, 1.54) is 7.05 Å². The molecule has 2 aromatic carbocycles. The van der Waals surface area contributed by atoms with Crippen LogP contribution in [0.2, 0.25) is 0 Å². The fourth-order valence-electron chi connectivity index (χ4n) is 2.18. The molecule has 1 amide bonds. The Labute approximate surface area is 153 Å². The fraction of sp³-hybridized carbons (Fsp3) is 0.222. The Balaban J connectivity index is 0.00000288. The van der Waals surface area contributed by atoms with E-state index in [1.807, 2.05) is 60.7 Å². The van der Waals surface area contributed by atoms with Crippen LogP contribution in [0.15, 0.2) is 60.7 Å². The molecule has 0 aliphatic heterocycles. The van der Waals surface area contributed by atoms with E-state index in [-0.39, 0.29) is 31.9 Å². The zero-order chi connectivity index (χ0) is 16.7. The molecule has 0 saturated heterocycles. The second kappa shape index (κ2) is 9.81. The predicted molar refractivity (Wildman–Crippen MR) is 93.1 cm³/mol. The monoisotopic (exact) mass is 321 g/mol. The van der Waals surface area contributed by atoms with Crippen molar-refractivity contribution in [1.82, 2.24) is 4.90 Å². The molecule has 1 atom stereocenters. The predicted octanol–water partition coefficient (Wildman–Crippen LogP) is 2.30. The van der Waals surface area contributed by atoms with Gasteiger partial charge >= 0.3 is 30.9 Å². The number of carboxylic acid groups (broad SMARTS) is 1. The topological polar surface area (TPSA) is 66.8 Å². The van der Waals surface area contributed by atoms with Crippen LogP contribution in [0.3, 0.4) is 0 Å². The van der Waals surface area contributed by atoms with Gasteiger partial charge in [-0.15, -0.1) is 0 Å². The van der Waals surface area contributed by atoms with E-state index in [9.17, 15) is 14.7 Å². The summed E-state index contributed by atoms with van der Waals surface area (Å²) in [6.45, 7) is 0.113. The van der Waals surface area contributed by atoms with Gasteiger partial charge in [-0.3, -0.25) is 4.90 Å². The number of nitrogens with zero attached hydrogens (tertiary/aromatic N) is 1. The Morgan fingerprint density at radius 2 is 1.50 bits per heavy atom. The van der Waals surface area contributed by atoms with Gasteiger partial charge in [0, 0.05) is 13.5 Å². The molecule has 0 bridgehead atoms. The second-order valence-corrected chi connectivity index (χ2v) is 5.19. The molecule has 1 N–H and O–H groups in total. The molecule has 0 unspecified atom stereocenters. The summed E-state index contributed by atoms with van der Waals surface area (Å²) < 4.78 is 5.18. The van der Waals surface area contributed by atoms with Gasteiger partial charge in [0.1, 0.15) is 12.6 Å². The summed E-state index contributed by atoms with van der Waals surface area (Å²) in [5.74, 6) is -1.06. The third-order valence-electron chi connectivity index (χ3n) is 3.52. The summed E-state index contributed by atoms with van der Waals surface area (Å²) in [6.07, 6.45) is -0.426. The average Bonchev–Trinajstić information content (AvgIpc) is 2.58. The van der Waals surface area contributed by atoms with Gasteiger partial charge in [0.15, 0.2) is 0 Å². The zero-order valence-corrected chi connectivity index (χ0v) is 12.9. The van der Waals surface area contributed by atoms with Gasteiger partial charge < -0.3 is 9.84 Å². The Morgan fingerprint density at radius 1 is 1.00 bits per heavy atom. The number of amides is 1. The summed E-state index contributed by atoms with van der Waals surface area (Å²) in [7, 11) is 1.44. The van der Waals surface area contributed by atoms with Gasteiger partial charge in [-0.2, -0.15) is 0 Å². The van der Waals surface area contributed by atoms with Crippen molar-refractivity contribution >= 4 is 30.9 Å². The van der Waals surface area contributed by atoms with E-state index in [0.717, 1.165) is 16.0 Å². The molecule has 6 heteroatoms. The van der Waals surface area contributed by atoms with Crippen molar-refractivity contribution < 1.29 is 19.4 Å². The SMILES string of the molecule is CN(C(=O)OCc1ccccc1)[C@@H](Cc1ccccc1)C(=O)O.[LiH]. The number of carbonyl (C=O) groups excluding carboxylic acids is 1. The van der Waals surface area contributed by atoms with Gasteiger partial charge in [-0.25, -0.2) is 9.59 Å². The molecule has 0 fully saturated rings. The molecule has 0 saturated carbocycles. The zero-order valence-electron chi connectivity index (χ0n) is 12.9. The molecule has 0 aliphatic carbocycles. The molecule has 0 heterocycles. The quantitative estimate of drug-likeness (QED) is 0.829. The van der Waals surface area contributed by atoms with Gasteiger partial charge in [-0.1, -0.05) is 60.7 Å². The molecule has 122 valence electrons. The minimum absolute atomic E-state index is 0. The van der Waals surface area contributed by atoms with Crippen molar-refractivity contribution in [1.29, 1.82) is 0 Å². The first-order chi connectivity index (χ1) is 11.1. The van der Waals surface area contributed by atoms with E-state index in [2.05, 4.69) is 0 Å². The van der Waals surface area contributed by atoms with Crippen LogP contribution in [-0.2, 0) is 22.6 Å². The van der Waals surface area contributed by atoms with Crippen molar-refractivity contribution in [3.8, 4) is 0 Å². The van der Waals surface area contributed by atoms with Crippen molar-refractivity contribution in [2.75, 3.05) is 7.05 Å². The summed E-state index contributed by atoms with van der Waals surface area (Å²) in [6, 6.07) is 17.5. The van der Waals surface area contributed by atoms with Crippen molar-refractivity contribution in [3.63, 3.8) is 0 Å². The summed E-state index contributed by atoms with van der Waals surface area (Å²) in [5.41, 5.74) is 1.70. The molecule has 2 rings (SSSR count). The van der Waals surface area contributed by atoms with Gasteiger partial charge in [0.25, 0.3) is 0 Å². The normalized spacial score (nSPS) is 11.0. The van der Waals surface area contributed by atoms with Crippen LogP contribution in [0.1, 0.15) is 11.1 Å². The van der Waals surface area contributed by atoms with Crippen LogP contribution in [0, 0.1) is 0 Å². The Bertz CT molecular complexity index is 649.